The van der Waals surface area contributed by atoms with Crippen molar-refractivity contribution in [3.63, 3.8) is 0 Å². The van der Waals surface area contributed by atoms with Gasteiger partial charge >= 0.3 is 5.97 Å². The van der Waals surface area contributed by atoms with E-state index in [0.717, 1.165) is 0 Å². The van der Waals surface area contributed by atoms with Crippen LogP contribution in [0.2, 0.25) is 10.0 Å². The number of anilines is 1. The van der Waals surface area contributed by atoms with E-state index in [-0.39, 0.29) is 17.5 Å². The van der Waals surface area contributed by atoms with Crippen molar-refractivity contribution in [3.05, 3.63) is 58.1 Å². The number of ether oxygens (including phenoxy) is 1. The molecule has 4 nitrogen and oxygen atoms in total. The van der Waals surface area contributed by atoms with Gasteiger partial charge < -0.3 is 10.1 Å². The van der Waals surface area contributed by atoms with Crippen LogP contribution in [0, 0.1) is 5.41 Å². The van der Waals surface area contributed by atoms with Crippen molar-refractivity contribution in [2.75, 3.05) is 11.2 Å². The number of hydrogen-bond donors (Lipinski definition) is 1. The van der Waals surface area contributed by atoms with E-state index in [0.29, 0.717) is 21.3 Å². The molecular weight excluding hydrogens is 385 g/mol. The Morgan fingerprint density at radius 1 is 1.04 bits per heavy atom. The molecule has 0 radical (unpaired) electrons. The van der Waals surface area contributed by atoms with E-state index < -0.39 is 11.4 Å². The van der Waals surface area contributed by atoms with Crippen LogP contribution < -0.4 is 10.1 Å². The Labute approximate surface area is 161 Å². The largest absolute Gasteiger partial charge is 0.423 e. The van der Waals surface area contributed by atoms with Gasteiger partial charge in [0.05, 0.1) is 11.0 Å². The lowest BCUT2D eigenvalue weighted by atomic mass is 9.95. The highest BCUT2D eigenvalue weighted by atomic mass is 35.5. The number of amides is 1. The number of halogens is 3. The van der Waals surface area contributed by atoms with Crippen LogP contribution in [0.5, 0.6) is 5.75 Å². The Balaban J connectivity index is 2.06. The van der Waals surface area contributed by atoms with Gasteiger partial charge in [0.15, 0.2) is 0 Å². The van der Waals surface area contributed by atoms with E-state index >= 15 is 0 Å². The first kappa shape index (κ1) is 19.6. The molecule has 2 rings (SSSR count). The van der Waals surface area contributed by atoms with Crippen LogP contribution in [0.1, 0.15) is 24.2 Å². The number of esters is 1. The second-order valence-electron chi connectivity index (χ2n) is 6.04. The summed E-state index contributed by atoms with van der Waals surface area (Å²) in [6, 6.07) is 10.9. The molecule has 1 N–H and O–H groups in total. The molecule has 2 aromatic rings. The molecule has 132 valence electrons. The molecule has 1 amide bonds. The van der Waals surface area contributed by atoms with Gasteiger partial charge in [0, 0.05) is 21.6 Å². The molecule has 0 atom stereocenters. The number of carbonyl (C=O) groups is 2. The highest BCUT2D eigenvalue weighted by Gasteiger charge is 2.26. The summed E-state index contributed by atoms with van der Waals surface area (Å²) in [6.07, 6.45) is 0. The number of nitrogens with one attached hydrogen (secondary N) is 1. The highest BCUT2D eigenvalue weighted by molar-refractivity contribution is 6.34. The van der Waals surface area contributed by atoms with E-state index in [1.807, 2.05) is 0 Å². The third-order valence-electron chi connectivity index (χ3n) is 3.37. The van der Waals surface area contributed by atoms with Gasteiger partial charge in [0.1, 0.15) is 5.75 Å². The second-order valence-corrected chi connectivity index (χ2v) is 7.18. The zero-order valence-corrected chi connectivity index (χ0v) is 15.9. The minimum Gasteiger partial charge on any atom is -0.423 e. The van der Waals surface area contributed by atoms with E-state index in [1.165, 1.54) is 12.1 Å². The van der Waals surface area contributed by atoms with Gasteiger partial charge in [-0.25, -0.2) is 4.79 Å². The molecule has 0 spiro atoms. The van der Waals surface area contributed by atoms with Crippen LogP contribution in [-0.2, 0) is 4.79 Å². The fourth-order valence-corrected chi connectivity index (χ4v) is 2.43. The van der Waals surface area contributed by atoms with Gasteiger partial charge in [-0.15, -0.1) is 11.6 Å². The maximum Gasteiger partial charge on any atom is 0.343 e. The Hall–Kier alpha value is -1.75. The molecule has 7 heteroatoms. The fourth-order valence-electron chi connectivity index (χ4n) is 1.80. The summed E-state index contributed by atoms with van der Waals surface area (Å²) in [7, 11) is 0. The number of hydrogen-bond acceptors (Lipinski definition) is 3. The lowest BCUT2D eigenvalue weighted by Crippen LogP contribution is -2.32. The van der Waals surface area contributed by atoms with Gasteiger partial charge in [-0.05, 0) is 56.3 Å². The first-order valence-electron chi connectivity index (χ1n) is 7.37. The van der Waals surface area contributed by atoms with Gasteiger partial charge in [-0.2, -0.15) is 0 Å². The van der Waals surface area contributed by atoms with Crippen LogP contribution in [-0.4, -0.2) is 17.8 Å². The van der Waals surface area contributed by atoms with Gasteiger partial charge in [0.2, 0.25) is 5.91 Å². The minimum atomic E-state index is -0.689. The third kappa shape index (κ3) is 5.36. The van der Waals surface area contributed by atoms with Crippen LogP contribution in [0.25, 0.3) is 0 Å². The third-order valence-corrected chi connectivity index (χ3v) is 4.48. The lowest BCUT2D eigenvalue weighted by molar-refractivity contribution is -0.122. The average molecular weight is 401 g/mol. The van der Waals surface area contributed by atoms with Crippen molar-refractivity contribution >= 4 is 52.4 Å². The highest BCUT2D eigenvalue weighted by Crippen LogP contribution is 2.25. The molecule has 0 aliphatic rings. The average Bonchev–Trinajstić information content (AvgIpc) is 2.54. The zero-order chi connectivity index (χ0) is 18.6. The maximum atomic E-state index is 12.2. The molecule has 0 fully saturated rings. The smallest absolute Gasteiger partial charge is 0.343 e. The topological polar surface area (TPSA) is 55.4 Å². The molecular formula is C18H16Cl3NO3. The summed E-state index contributed by atoms with van der Waals surface area (Å²) in [5.74, 6) is -0.307. The van der Waals surface area contributed by atoms with E-state index in [2.05, 4.69) is 5.32 Å². The van der Waals surface area contributed by atoms with Crippen molar-refractivity contribution in [1.82, 2.24) is 0 Å². The summed E-state index contributed by atoms with van der Waals surface area (Å²) in [4.78, 5) is 24.2. The van der Waals surface area contributed by atoms with Crippen molar-refractivity contribution < 1.29 is 14.3 Å². The first-order chi connectivity index (χ1) is 11.7. The van der Waals surface area contributed by atoms with Gasteiger partial charge in [-0.3, -0.25) is 4.79 Å². The van der Waals surface area contributed by atoms with Crippen molar-refractivity contribution in [2.45, 2.75) is 13.8 Å². The van der Waals surface area contributed by atoms with Crippen LogP contribution >= 0.6 is 34.8 Å². The number of rotatable bonds is 5. The standard InChI is InChI=1S/C18H16Cl3NO3/c1-18(2,10-19)17(24)22-14-5-3-11(4-6-14)16(23)25-15-8-12(20)7-13(21)9-15/h3-9H,10H2,1-2H3,(H,22,24). The number of alkyl halides is 1. The molecule has 0 unspecified atom stereocenters. The lowest BCUT2D eigenvalue weighted by Gasteiger charge is -2.20. The molecule has 0 bridgehead atoms. The van der Waals surface area contributed by atoms with E-state index in [4.69, 9.17) is 39.5 Å². The Morgan fingerprint density at radius 2 is 1.60 bits per heavy atom. The maximum absolute atomic E-state index is 12.2. The monoisotopic (exact) mass is 399 g/mol. The summed E-state index contributed by atoms with van der Waals surface area (Å²) in [5.41, 5.74) is 0.196. The summed E-state index contributed by atoms with van der Waals surface area (Å²) in [5, 5.41) is 3.49. The molecule has 0 aliphatic carbocycles. The fraction of sp³-hybridized carbons (Fsp3) is 0.222. The van der Waals surface area contributed by atoms with Crippen LogP contribution in [0.15, 0.2) is 42.5 Å². The first-order valence-corrected chi connectivity index (χ1v) is 8.66. The van der Waals surface area contributed by atoms with Crippen molar-refractivity contribution in [3.8, 4) is 5.75 Å². The molecule has 2 aromatic carbocycles. The second kappa shape index (κ2) is 8.09. The molecule has 0 saturated heterocycles. The minimum absolute atomic E-state index is 0.200. The molecule has 0 aromatic heterocycles. The Kier molecular flexibility index (Phi) is 6.33. The zero-order valence-electron chi connectivity index (χ0n) is 13.6. The van der Waals surface area contributed by atoms with Crippen LogP contribution in [0.4, 0.5) is 5.69 Å². The summed E-state index contributed by atoms with van der Waals surface area (Å²) < 4.78 is 5.24. The normalized spacial score (nSPS) is 11.1. The number of carbonyl (C=O) groups excluding carboxylic acids is 2. The van der Waals surface area contributed by atoms with E-state index in [9.17, 15) is 9.59 Å². The van der Waals surface area contributed by atoms with E-state index in [1.54, 1.807) is 44.2 Å². The van der Waals surface area contributed by atoms with Gasteiger partial charge in [0.25, 0.3) is 0 Å². The Morgan fingerprint density at radius 3 is 2.12 bits per heavy atom. The Bertz CT molecular complexity index is 768. The summed E-state index contributed by atoms with van der Waals surface area (Å²) >= 11 is 17.5. The van der Waals surface area contributed by atoms with Crippen LogP contribution in [0.3, 0.4) is 0 Å². The van der Waals surface area contributed by atoms with Crippen molar-refractivity contribution in [1.29, 1.82) is 0 Å². The quantitative estimate of drug-likeness (QED) is 0.414. The molecule has 25 heavy (non-hydrogen) atoms. The number of benzene rings is 2. The predicted octanol–water partition coefficient (Wildman–Crippen LogP) is 5.42. The molecule has 0 saturated carbocycles. The van der Waals surface area contributed by atoms with Gasteiger partial charge in [-0.1, -0.05) is 23.2 Å². The van der Waals surface area contributed by atoms with Crippen molar-refractivity contribution in [2.24, 2.45) is 5.41 Å². The SMILES string of the molecule is CC(C)(CCl)C(=O)Nc1ccc(C(=O)Oc2cc(Cl)cc(Cl)c2)cc1. The molecule has 0 aliphatic heterocycles. The predicted molar refractivity (Wildman–Crippen MR) is 101 cm³/mol. The molecule has 0 heterocycles. The summed E-state index contributed by atoms with van der Waals surface area (Å²) in [6.45, 7) is 3.49.